The van der Waals surface area contributed by atoms with E-state index in [-0.39, 0.29) is 29.9 Å². The predicted octanol–water partition coefficient (Wildman–Crippen LogP) is 0.953. The first-order chi connectivity index (χ1) is 13.3. The largest absolute Gasteiger partial charge is 0.337 e. The highest BCUT2D eigenvalue weighted by Gasteiger charge is 2.30. The van der Waals surface area contributed by atoms with Crippen LogP contribution in [0, 0.1) is 5.92 Å². The number of likely N-dealkylation sites (tertiary alicyclic amines) is 1. The second-order valence-corrected chi connectivity index (χ2v) is 9.12. The van der Waals surface area contributed by atoms with Gasteiger partial charge in [0.1, 0.15) is 5.71 Å². The molecule has 28 heavy (non-hydrogen) atoms. The number of amides is 2. The van der Waals surface area contributed by atoms with Gasteiger partial charge in [0.2, 0.25) is 15.9 Å². The standard InChI is InChI=1S/C19H26N4O4S/c1-22-18(24)10-9-17(21-22)19(25)23-11-5-8-16(13-23)12-20-28(26,27)14-15-6-3-2-4-7-15/h2-4,6-7,16,20H,5,8-14H2,1H3. The Balaban J connectivity index is 1.54. The molecule has 0 spiro atoms. The Bertz CT molecular complexity index is 854. The maximum atomic E-state index is 12.7. The molecule has 152 valence electrons. The Hall–Kier alpha value is -2.26. The molecule has 0 saturated carbocycles. The molecule has 2 aliphatic heterocycles. The zero-order valence-corrected chi connectivity index (χ0v) is 16.8. The normalized spacial score (nSPS) is 20.8. The highest BCUT2D eigenvalue weighted by atomic mass is 32.2. The summed E-state index contributed by atoms with van der Waals surface area (Å²) in [6, 6.07) is 9.05. The molecular formula is C19H26N4O4S. The molecule has 1 atom stereocenters. The van der Waals surface area contributed by atoms with Crippen molar-refractivity contribution in [3.63, 3.8) is 0 Å². The van der Waals surface area contributed by atoms with Crippen LogP contribution >= 0.6 is 0 Å². The summed E-state index contributed by atoms with van der Waals surface area (Å²) in [5, 5.41) is 5.31. The third kappa shape index (κ3) is 5.39. The summed E-state index contributed by atoms with van der Waals surface area (Å²) in [5.41, 5.74) is 1.14. The van der Waals surface area contributed by atoms with E-state index in [0.29, 0.717) is 31.8 Å². The SMILES string of the molecule is CN1N=C(C(=O)N2CCCC(CNS(=O)(=O)Cc3ccccc3)C2)CCC1=O. The molecule has 2 amide bonds. The van der Waals surface area contributed by atoms with Crippen LogP contribution in [-0.2, 0) is 25.4 Å². The second kappa shape index (κ2) is 8.83. The number of benzene rings is 1. The van der Waals surface area contributed by atoms with Crippen LogP contribution in [0.1, 0.15) is 31.2 Å². The molecule has 1 unspecified atom stereocenters. The van der Waals surface area contributed by atoms with Crippen molar-refractivity contribution in [3.05, 3.63) is 35.9 Å². The minimum atomic E-state index is -3.43. The highest BCUT2D eigenvalue weighted by Crippen LogP contribution is 2.18. The molecule has 9 heteroatoms. The highest BCUT2D eigenvalue weighted by molar-refractivity contribution is 7.88. The van der Waals surface area contributed by atoms with Crippen molar-refractivity contribution in [1.82, 2.24) is 14.6 Å². The Morgan fingerprint density at radius 2 is 2.00 bits per heavy atom. The van der Waals surface area contributed by atoms with Crippen LogP contribution in [0.3, 0.4) is 0 Å². The molecule has 1 N–H and O–H groups in total. The van der Waals surface area contributed by atoms with E-state index in [9.17, 15) is 18.0 Å². The fourth-order valence-electron chi connectivity index (χ4n) is 3.51. The van der Waals surface area contributed by atoms with Gasteiger partial charge in [0.25, 0.3) is 5.91 Å². The monoisotopic (exact) mass is 406 g/mol. The zero-order chi connectivity index (χ0) is 20.1. The van der Waals surface area contributed by atoms with E-state index in [2.05, 4.69) is 9.82 Å². The van der Waals surface area contributed by atoms with Crippen molar-refractivity contribution < 1.29 is 18.0 Å². The molecule has 3 rings (SSSR count). The van der Waals surface area contributed by atoms with Crippen LogP contribution in [0.2, 0.25) is 0 Å². The van der Waals surface area contributed by atoms with Crippen LogP contribution in [0.15, 0.2) is 35.4 Å². The van der Waals surface area contributed by atoms with Gasteiger partial charge in [-0.3, -0.25) is 9.59 Å². The Kier molecular flexibility index (Phi) is 6.46. The number of hydrazone groups is 1. The maximum absolute atomic E-state index is 12.7. The molecule has 0 radical (unpaired) electrons. The molecule has 1 aromatic carbocycles. The third-order valence-corrected chi connectivity index (χ3v) is 6.37. The first kappa shape index (κ1) is 20.5. The van der Waals surface area contributed by atoms with Gasteiger partial charge in [-0.05, 0) is 24.3 Å². The van der Waals surface area contributed by atoms with Crippen molar-refractivity contribution in [1.29, 1.82) is 0 Å². The van der Waals surface area contributed by atoms with Gasteiger partial charge in [-0.25, -0.2) is 18.1 Å². The lowest BCUT2D eigenvalue weighted by molar-refractivity contribution is -0.131. The summed E-state index contributed by atoms with van der Waals surface area (Å²) >= 11 is 0. The van der Waals surface area contributed by atoms with Gasteiger partial charge in [-0.1, -0.05) is 30.3 Å². The number of hydrogen-bond acceptors (Lipinski definition) is 5. The summed E-state index contributed by atoms with van der Waals surface area (Å²) in [6.07, 6.45) is 2.33. The molecule has 2 heterocycles. The number of nitrogens with one attached hydrogen (secondary N) is 1. The van der Waals surface area contributed by atoms with E-state index in [4.69, 9.17) is 0 Å². The Morgan fingerprint density at radius 1 is 1.25 bits per heavy atom. The van der Waals surface area contributed by atoms with E-state index < -0.39 is 10.0 Å². The number of hydrogen-bond donors (Lipinski definition) is 1. The lowest BCUT2D eigenvalue weighted by Gasteiger charge is -2.33. The summed E-state index contributed by atoms with van der Waals surface area (Å²) in [5.74, 6) is -0.246. The van der Waals surface area contributed by atoms with Crippen LogP contribution < -0.4 is 4.72 Å². The molecule has 2 aliphatic rings. The predicted molar refractivity (Wildman–Crippen MR) is 106 cm³/mol. The molecule has 1 fully saturated rings. The quantitative estimate of drug-likeness (QED) is 0.760. The van der Waals surface area contributed by atoms with Crippen molar-refractivity contribution in [2.75, 3.05) is 26.7 Å². The smallest absolute Gasteiger partial charge is 0.270 e. The first-order valence-electron chi connectivity index (χ1n) is 9.48. The maximum Gasteiger partial charge on any atom is 0.270 e. The molecule has 0 bridgehead atoms. The van der Waals surface area contributed by atoms with E-state index in [1.54, 1.807) is 24.1 Å². The van der Waals surface area contributed by atoms with Gasteiger partial charge in [0.05, 0.1) is 5.75 Å². The van der Waals surface area contributed by atoms with E-state index in [1.807, 2.05) is 18.2 Å². The van der Waals surface area contributed by atoms with Gasteiger partial charge in [0.15, 0.2) is 0 Å². The summed E-state index contributed by atoms with van der Waals surface area (Å²) < 4.78 is 27.3. The summed E-state index contributed by atoms with van der Waals surface area (Å²) in [6.45, 7) is 1.43. The van der Waals surface area contributed by atoms with E-state index in [0.717, 1.165) is 18.4 Å². The molecule has 8 nitrogen and oxygen atoms in total. The zero-order valence-electron chi connectivity index (χ0n) is 16.0. The van der Waals surface area contributed by atoms with Gasteiger partial charge in [0, 0.05) is 39.5 Å². The Morgan fingerprint density at radius 3 is 2.71 bits per heavy atom. The Labute approximate surface area is 165 Å². The lowest BCUT2D eigenvalue weighted by Crippen LogP contribution is -2.47. The van der Waals surface area contributed by atoms with Gasteiger partial charge < -0.3 is 4.90 Å². The summed E-state index contributed by atoms with van der Waals surface area (Å²) in [7, 11) is -1.88. The van der Waals surface area contributed by atoms with E-state index >= 15 is 0 Å². The number of rotatable bonds is 6. The van der Waals surface area contributed by atoms with Crippen LogP contribution in [0.25, 0.3) is 0 Å². The van der Waals surface area contributed by atoms with Gasteiger partial charge in [-0.15, -0.1) is 0 Å². The van der Waals surface area contributed by atoms with Crippen LogP contribution in [0.4, 0.5) is 0 Å². The van der Waals surface area contributed by atoms with Crippen molar-refractivity contribution in [2.45, 2.75) is 31.4 Å². The minimum absolute atomic E-state index is 0.0552. The topological polar surface area (TPSA) is 99.2 Å². The number of nitrogens with zero attached hydrogens (tertiary/aromatic N) is 3. The molecule has 1 aromatic rings. The average molecular weight is 407 g/mol. The van der Waals surface area contributed by atoms with Crippen molar-refractivity contribution in [2.24, 2.45) is 11.0 Å². The number of sulfonamides is 1. The van der Waals surface area contributed by atoms with E-state index in [1.165, 1.54) is 5.01 Å². The lowest BCUT2D eigenvalue weighted by atomic mass is 9.97. The fourth-order valence-corrected chi connectivity index (χ4v) is 4.73. The molecule has 0 aromatic heterocycles. The average Bonchev–Trinajstić information content (AvgIpc) is 2.69. The second-order valence-electron chi connectivity index (χ2n) is 7.32. The number of carbonyl (C=O) groups is 2. The number of piperidine rings is 1. The van der Waals surface area contributed by atoms with Gasteiger partial charge >= 0.3 is 0 Å². The third-order valence-electron chi connectivity index (χ3n) is 5.05. The van der Waals surface area contributed by atoms with Crippen LogP contribution in [0.5, 0.6) is 0 Å². The number of carbonyl (C=O) groups excluding carboxylic acids is 2. The van der Waals surface area contributed by atoms with Gasteiger partial charge in [-0.2, -0.15) is 5.10 Å². The van der Waals surface area contributed by atoms with Crippen molar-refractivity contribution >= 4 is 27.5 Å². The minimum Gasteiger partial charge on any atom is -0.337 e. The van der Waals surface area contributed by atoms with Crippen molar-refractivity contribution in [3.8, 4) is 0 Å². The molecule has 1 saturated heterocycles. The first-order valence-corrected chi connectivity index (χ1v) is 11.1. The fraction of sp³-hybridized carbons (Fsp3) is 0.526. The van der Waals surface area contributed by atoms with Crippen LogP contribution in [-0.4, -0.2) is 62.5 Å². The molecular weight excluding hydrogens is 380 g/mol. The molecule has 0 aliphatic carbocycles. The summed E-state index contributed by atoms with van der Waals surface area (Å²) in [4.78, 5) is 26.0.